The normalized spacial score (nSPS) is 26.2. The maximum Gasteiger partial charge on any atom is 0.316 e. The molecule has 7 nitrogen and oxygen atoms in total. The Morgan fingerprint density at radius 3 is 2.72 bits per heavy atom. The number of hydrogen-bond acceptors (Lipinski definition) is 6. The van der Waals surface area contributed by atoms with Crippen LogP contribution in [-0.2, 0) is 4.79 Å². The summed E-state index contributed by atoms with van der Waals surface area (Å²) < 4.78 is 6.64. The molecule has 1 saturated heterocycles. The van der Waals surface area contributed by atoms with Gasteiger partial charge in [-0.25, -0.2) is 9.97 Å². The van der Waals surface area contributed by atoms with Crippen molar-refractivity contribution in [1.29, 1.82) is 5.26 Å². The van der Waals surface area contributed by atoms with Crippen molar-refractivity contribution in [2.45, 2.75) is 56.7 Å². The zero-order valence-electron chi connectivity index (χ0n) is 14.0. The average molecular weight is 408 g/mol. The summed E-state index contributed by atoms with van der Waals surface area (Å²) in [4.78, 5) is 22.2. The fourth-order valence-corrected chi connectivity index (χ4v) is 3.63. The first-order chi connectivity index (χ1) is 12.2. The predicted octanol–water partition coefficient (Wildman–Crippen LogP) is 2.03. The molecular weight excluding hydrogens is 386 g/mol. The summed E-state index contributed by atoms with van der Waals surface area (Å²) in [7, 11) is 0. The standard InChI is InChI=1S/C17H22BrN5O2/c18-12-9-21-17(22-10-12)25-15-5-3-13(4-6-15)20-11-16(24)23-7-1-2-14(23)8-19/h9-10,13-15,20H,1-7,11H2/t13?,14-,15?/m0/s1. The van der Waals surface area contributed by atoms with E-state index < -0.39 is 0 Å². The van der Waals surface area contributed by atoms with Crippen molar-refractivity contribution in [3.63, 3.8) is 0 Å². The molecule has 1 aromatic heterocycles. The van der Waals surface area contributed by atoms with Crippen molar-refractivity contribution in [2.75, 3.05) is 13.1 Å². The Morgan fingerprint density at radius 2 is 2.04 bits per heavy atom. The molecule has 0 radical (unpaired) electrons. The quantitative estimate of drug-likeness (QED) is 0.802. The highest BCUT2D eigenvalue weighted by Crippen LogP contribution is 2.23. The smallest absolute Gasteiger partial charge is 0.316 e. The van der Waals surface area contributed by atoms with Gasteiger partial charge in [0.25, 0.3) is 0 Å². The van der Waals surface area contributed by atoms with Crippen molar-refractivity contribution in [1.82, 2.24) is 20.2 Å². The molecule has 8 heteroatoms. The van der Waals surface area contributed by atoms with Gasteiger partial charge in [0.2, 0.25) is 5.91 Å². The molecule has 2 heterocycles. The van der Waals surface area contributed by atoms with E-state index in [0.29, 0.717) is 25.1 Å². The Balaban J connectivity index is 1.38. The Labute approximate surface area is 155 Å². The highest BCUT2D eigenvalue weighted by atomic mass is 79.9. The number of rotatable bonds is 5. The van der Waals surface area contributed by atoms with Crippen LogP contribution in [0.25, 0.3) is 0 Å². The zero-order chi connectivity index (χ0) is 17.6. The first kappa shape index (κ1) is 18.1. The van der Waals surface area contributed by atoms with Gasteiger partial charge in [-0.15, -0.1) is 0 Å². The number of amides is 1. The molecule has 1 amide bonds. The first-order valence-electron chi connectivity index (χ1n) is 8.72. The summed E-state index contributed by atoms with van der Waals surface area (Å²) >= 11 is 3.30. The van der Waals surface area contributed by atoms with Gasteiger partial charge >= 0.3 is 6.01 Å². The van der Waals surface area contributed by atoms with Crippen LogP contribution in [0.4, 0.5) is 0 Å². The van der Waals surface area contributed by atoms with Gasteiger partial charge in [0, 0.05) is 25.0 Å². The second kappa shape index (κ2) is 8.59. The van der Waals surface area contributed by atoms with Crippen LogP contribution in [-0.4, -0.2) is 52.1 Å². The lowest BCUT2D eigenvalue weighted by atomic mass is 9.93. The highest BCUT2D eigenvalue weighted by molar-refractivity contribution is 9.10. The van der Waals surface area contributed by atoms with Gasteiger partial charge in [0.15, 0.2) is 0 Å². The Hall–Kier alpha value is -1.72. The van der Waals surface area contributed by atoms with Crippen LogP contribution >= 0.6 is 15.9 Å². The van der Waals surface area contributed by atoms with Crippen molar-refractivity contribution in [2.24, 2.45) is 0 Å². The van der Waals surface area contributed by atoms with Gasteiger partial charge in [-0.3, -0.25) is 4.79 Å². The van der Waals surface area contributed by atoms with E-state index in [-0.39, 0.29) is 18.1 Å². The molecule has 0 bridgehead atoms. The van der Waals surface area contributed by atoms with Gasteiger partial charge in [0.1, 0.15) is 12.1 Å². The minimum atomic E-state index is -0.246. The molecule has 2 fully saturated rings. The lowest BCUT2D eigenvalue weighted by Crippen LogP contribution is -2.45. The van der Waals surface area contributed by atoms with Crippen LogP contribution in [0, 0.1) is 11.3 Å². The van der Waals surface area contributed by atoms with E-state index in [4.69, 9.17) is 10.00 Å². The number of halogens is 1. The summed E-state index contributed by atoms with van der Waals surface area (Å²) in [6.07, 6.45) is 8.92. The first-order valence-corrected chi connectivity index (χ1v) is 9.51. The van der Waals surface area contributed by atoms with Crippen LogP contribution in [0.3, 0.4) is 0 Å². The van der Waals surface area contributed by atoms with E-state index in [1.54, 1.807) is 17.3 Å². The maximum atomic E-state index is 12.3. The number of nitrogens with zero attached hydrogens (tertiary/aromatic N) is 4. The van der Waals surface area contributed by atoms with Gasteiger partial charge < -0.3 is 15.0 Å². The fraction of sp³-hybridized carbons (Fsp3) is 0.647. The largest absolute Gasteiger partial charge is 0.460 e. The number of carbonyl (C=O) groups excluding carboxylic acids is 1. The van der Waals surface area contributed by atoms with Gasteiger partial charge in [-0.2, -0.15) is 5.26 Å². The number of carbonyl (C=O) groups is 1. The van der Waals surface area contributed by atoms with Crippen LogP contribution in [0.15, 0.2) is 16.9 Å². The van der Waals surface area contributed by atoms with E-state index in [1.807, 2.05) is 0 Å². The third-order valence-corrected chi connectivity index (χ3v) is 5.22. The molecule has 0 unspecified atom stereocenters. The van der Waals surface area contributed by atoms with E-state index in [1.165, 1.54) is 0 Å². The Morgan fingerprint density at radius 1 is 1.32 bits per heavy atom. The molecule has 0 spiro atoms. The number of ether oxygens (including phenoxy) is 1. The second-order valence-electron chi connectivity index (χ2n) is 6.53. The van der Waals surface area contributed by atoms with E-state index >= 15 is 0 Å². The van der Waals surface area contributed by atoms with Crippen LogP contribution in [0.2, 0.25) is 0 Å². The minimum absolute atomic E-state index is 0.0330. The number of hydrogen-bond donors (Lipinski definition) is 1. The molecule has 1 N–H and O–H groups in total. The van der Waals surface area contributed by atoms with Crippen molar-refractivity contribution < 1.29 is 9.53 Å². The molecule has 1 aliphatic heterocycles. The van der Waals surface area contributed by atoms with Crippen LogP contribution in [0.1, 0.15) is 38.5 Å². The summed E-state index contributed by atoms with van der Waals surface area (Å²) in [6.45, 7) is 1.01. The summed E-state index contributed by atoms with van der Waals surface area (Å²) in [5.74, 6) is 0.0330. The van der Waals surface area contributed by atoms with Crippen LogP contribution < -0.4 is 10.1 Å². The number of aromatic nitrogens is 2. The summed E-state index contributed by atoms with van der Waals surface area (Å²) in [5, 5.41) is 12.4. The van der Waals surface area contributed by atoms with Crippen molar-refractivity contribution >= 4 is 21.8 Å². The molecule has 1 atom stereocenters. The van der Waals surface area contributed by atoms with E-state index in [0.717, 1.165) is 43.0 Å². The third-order valence-electron chi connectivity index (χ3n) is 4.81. The molecule has 0 aromatic carbocycles. The third kappa shape index (κ3) is 4.89. The SMILES string of the molecule is N#C[C@@H]1CCCN1C(=O)CNC1CCC(Oc2ncc(Br)cn2)CC1. The summed E-state index contributed by atoms with van der Waals surface area (Å²) in [5.41, 5.74) is 0. The lowest BCUT2D eigenvalue weighted by molar-refractivity contribution is -0.130. The van der Waals surface area contributed by atoms with Gasteiger partial charge in [0.05, 0.1) is 17.1 Å². The predicted molar refractivity (Wildman–Crippen MR) is 94.8 cm³/mol. The number of likely N-dealkylation sites (tertiary alicyclic amines) is 1. The molecule has 1 saturated carbocycles. The van der Waals surface area contributed by atoms with Gasteiger partial charge in [-0.05, 0) is 54.5 Å². The monoisotopic (exact) mass is 407 g/mol. The molecule has 1 aliphatic carbocycles. The van der Waals surface area contributed by atoms with E-state index in [9.17, 15) is 4.79 Å². The average Bonchev–Trinajstić information content (AvgIpc) is 3.12. The second-order valence-corrected chi connectivity index (χ2v) is 7.45. The lowest BCUT2D eigenvalue weighted by Gasteiger charge is -2.29. The topological polar surface area (TPSA) is 91.1 Å². The molecular formula is C17H22BrN5O2. The molecule has 1 aromatic rings. The van der Waals surface area contributed by atoms with Crippen LogP contribution in [0.5, 0.6) is 6.01 Å². The minimum Gasteiger partial charge on any atom is -0.460 e. The Bertz CT molecular complexity index is 625. The van der Waals surface area contributed by atoms with Crippen molar-refractivity contribution in [3.8, 4) is 12.1 Å². The van der Waals surface area contributed by atoms with Gasteiger partial charge in [-0.1, -0.05) is 0 Å². The molecule has 3 rings (SSSR count). The molecule has 2 aliphatic rings. The fourth-order valence-electron chi connectivity index (χ4n) is 3.43. The molecule has 134 valence electrons. The maximum absolute atomic E-state index is 12.3. The van der Waals surface area contributed by atoms with E-state index in [2.05, 4.69) is 37.3 Å². The number of nitrogens with one attached hydrogen (secondary N) is 1. The zero-order valence-corrected chi connectivity index (χ0v) is 15.6. The highest BCUT2D eigenvalue weighted by Gasteiger charge is 2.29. The Kier molecular flexibility index (Phi) is 6.21. The van der Waals surface area contributed by atoms with Crippen molar-refractivity contribution in [3.05, 3.63) is 16.9 Å². The molecule has 25 heavy (non-hydrogen) atoms. The number of nitriles is 1. The summed E-state index contributed by atoms with van der Waals surface area (Å²) in [6, 6.07) is 2.69.